The van der Waals surface area contributed by atoms with Gasteiger partial charge in [-0.15, -0.1) is 0 Å². The Morgan fingerprint density at radius 1 is 1.21 bits per heavy atom. The highest BCUT2D eigenvalue weighted by molar-refractivity contribution is 6.30. The summed E-state index contributed by atoms with van der Waals surface area (Å²) in [6.45, 7) is 0.399. The van der Waals surface area contributed by atoms with E-state index in [2.05, 4.69) is 10.3 Å². The normalized spacial score (nSPS) is 10.7. The number of aromatic nitrogens is 1. The van der Waals surface area contributed by atoms with Crippen LogP contribution in [0.4, 0.5) is 0 Å². The average molecular weight is 347 g/mol. The fourth-order valence-corrected chi connectivity index (χ4v) is 2.35. The number of hydrogen-bond donors (Lipinski definition) is 2. The van der Waals surface area contributed by atoms with Crippen molar-refractivity contribution in [2.75, 3.05) is 13.2 Å². The average Bonchev–Trinajstić information content (AvgIpc) is 2.93. The molecule has 1 heterocycles. The Labute approximate surface area is 142 Å². The van der Waals surface area contributed by atoms with E-state index < -0.39 is 5.76 Å². The van der Waals surface area contributed by atoms with Gasteiger partial charge in [-0.05, 0) is 48.4 Å². The van der Waals surface area contributed by atoms with Crippen molar-refractivity contribution in [1.29, 1.82) is 0 Å². The van der Waals surface area contributed by atoms with Crippen LogP contribution in [0, 0.1) is 0 Å². The maximum Gasteiger partial charge on any atom is 0.417 e. The highest BCUT2D eigenvalue weighted by atomic mass is 35.5. The number of hydrogen-bond acceptors (Lipinski definition) is 4. The van der Waals surface area contributed by atoms with Crippen LogP contribution in [0.15, 0.2) is 51.7 Å². The molecule has 3 rings (SSSR count). The van der Waals surface area contributed by atoms with Gasteiger partial charge in [-0.2, -0.15) is 0 Å². The molecule has 1 amide bonds. The second-order valence-electron chi connectivity index (χ2n) is 5.19. The summed E-state index contributed by atoms with van der Waals surface area (Å²) in [5.74, 6) is -0.100. The molecule has 0 saturated heterocycles. The molecule has 24 heavy (non-hydrogen) atoms. The third-order valence-corrected chi connectivity index (χ3v) is 3.66. The maximum absolute atomic E-state index is 11.8. The number of fused-ring (bicyclic) bond motifs is 1. The van der Waals surface area contributed by atoms with E-state index in [1.54, 1.807) is 36.4 Å². The van der Waals surface area contributed by atoms with Gasteiger partial charge < -0.3 is 14.5 Å². The lowest BCUT2D eigenvalue weighted by atomic mass is 10.1. The van der Waals surface area contributed by atoms with Crippen LogP contribution in [0.2, 0.25) is 5.02 Å². The van der Waals surface area contributed by atoms with Gasteiger partial charge in [-0.25, -0.2) is 4.79 Å². The molecule has 0 fully saturated rings. The van der Waals surface area contributed by atoms with Gasteiger partial charge in [0.05, 0.1) is 5.52 Å². The highest BCUT2D eigenvalue weighted by Gasteiger charge is 2.05. The molecule has 0 saturated carbocycles. The van der Waals surface area contributed by atoms with E-state index in [9.17, 15) is 9.59 Å². The fourth-order valence-electron chi connectivity index (χ4n) is 2.22. The molecule has 0 radical (unpaired) electrons. The third-order valence-electron chi connectivity index (χ3n) is 3.40. The number of amides is 1. The van der Waals surface area contributed by atoms with Crippen LogP contribution in [0.5, 0.6) is 5.75 Å². The zero-order valence-electron chi connectivity index (χ0n) is 12.7. The molecule has 0 bridgehead atoms. The first kappa shape index (κ1) is 16.1. The fraction of sp³-hybridized carbons (Fsp3) is 0.176. The number of aromatic amines is 1. The summed E-state index contributed by atoms with van der Waals surface area (Å²) in [6, 6.07) is 12.2. The number of oxazole rings is 1. The van der Waals surface area contributed by atoms with Crippen LogP contribution in [-0.4, -0.2) is 24.0 Å². The third kappa shape index (κ3) is 4.17. The lowest BCUT2D eigenvalue weighted by molar-refractivity contribution is -0.123. The first-order valence-electron chi connectivity index (χ1n) is 7.37. The van der Waals surface area contributed by atoms with Crippen LogP contribution in [-0.2, 0) is 11.2 Å². The van der Waals surface area contributed by atoms with E-state index in [0.29, 0.717) is 34.8 Å². The Hall–Kier alpha value is -2.73. The summed E-state index contributed by atoms with van der Waals surface area (Å²) in [6.07, 6.45) is 0.623. The lowest BCUT2D eigenvalue weighted by Crippen LogP contribution is -2.30. The van der Waals surface area contributed by atoms with Crippen LogP contribution in [0.1, 0.15) is 5.56 Å². The molecular formula is C17H15ClN2O4. The second-order valence-corrected chi connectivity index (χ2v) is 5.62. The van der Waals surface area contributed by atoms with Crippen molar-refractivity contribution in [2.45, 2.75) is 6.42 Å². The van der Waals surface area contributed by atoms with Crippen molar-refractivity contribution in [3.05, 3.63) is 63.6 Å². The predicted molar refractivity (Wildman–Crippen MR) is 90.5 cm³/mol. The van der Waals surface area contributed by atoms with Gasteiger partial charge in [0.2, 0.25) is 0 Å². The van der Waals surface area contributed by atoms with E-state index in [4.69, 9.17) is 20.8 Å². The van der Waals surface area contributed by atoms with Crippen LogP contribution in [0.25, 0.3) is 11.1 Å². The number of benzene rings is 2. The molecule has 124 valence electrons. The monoisotopic (exact) mass is 346 g/mol. The summed E-state index contributed by atoms with van der Waals surface area (Å²) in [4.78, 5) is 25.5. The SMILES string of the molecule is O=C(COc1ccc(Cl)cc1)NCCc1ccc2[nH]c(=O)oc2c1. The summed E-state index contributed by atoms with van der Waals surface area (Å²) in [7, 11) is 0. The molecule has 0 spiro atoms. The largest absolute Gasteiger partial charge is 0.484 e. The molecule has 2 aromatic carbocycles. The molecular weight excluding hydrogens is 332 g/mol. The molecule has 0 aliphatic heterocycles. The first-order chi connectivity index (χ1) is 11.6. The number of halogens is 1. The number of nitrogens with one attached hydrogen (secondary N) is 2. The summed E-state index contributed by atoms with van der Waals surface area (Å²) in [5, 5.41) is 3.39. The van der Waals surface area contributed by atoms with Gasteiger partial charge in [0.25, 0.3) is 5.91 Å². The van der Waals surface area contributed by atoms with Gasteiger partial charge in [0.1, 0.15) is 5.75 Å². The number of carbonyl (C=O) groups excluding carboxylic acids is 1. The minimum atomic E-state index is -0.477. The van der Waals surface area contributed by atoms with Gasteiger partial charge in [0.15, 0.2) is 12.2 Å². The molecule has 0 atom stereocenters. The van der Waals surface area contributed by atoms with Crippen molar-refractivity contribution in [3.8, 4) is 5.75 Å². The molecule has 0 unspecified atom stereocenters. The molecule has 0 aliphatic carbocycles. The van der Waals surface area contributed by atoms with Crippen molar-refractivity contribution in [3.63, 3.8) is 0 Å². The molecule has 2 N–H and O–H groups in total. The standard InChI is InChI=1S/C17H15ClN2O4/c18-12-2-4-13(5-3-12)23-10-16(21)19-8-7-11-1-6-14-15(9-11)24-17(22)20-14/h1-6,9H,7-8,10H2,(H,19,21)(H,20,22). The van der Waals surface area contributed by atoms with E-state index in [1.807, 2.05) is 6.07 Å². The minimum Gasteiger partial charge on any atom is -0.484 e. The van der Waals surface area contributed by atoms with E-state index in [-0.39, 0.29) is 12.5 Å². The Kier molecular flexibility index (Phi) is 4.86. The Bertz CT molecular complexity index is 899. The van der Waals surface area contributed by atoms with Crippen LogP contribution >= 0.6 is 11.6 Å². The van der Waals surface area contributed by atoms with E-state index >= 15 is 0 Å². The van der Waals surface area contributed by atoms with Crippen molar-refractivity contribution < 1.29 is 13.9 Å². The molecule has 1 aromatic heterocycles. The van der Waals surface area contributed by atoms with Crippen LogP contribution < -0.4 is 15.8 Å². The Balaban J connectivity index is 1.45. The first-order valence-corrected chi connectivity index (χ1v) is 7.75. The van der Waals surface area contributed by atoms with Crippen molar-refractivity contribution in [2.24, 2.45) is 0 Å². The van der Waals surface area contributed by atoms with Gasteiger partial charge >= 0.3 is 5.76 Å². The minimum absolute atomic E-state index is 0.0621. The highest BCUT2D eigenvalue weighted by Crippen LogP contribution is 2.15. The predicted octanol–water partition coefficient (Wildman–Crippen LogP) is 2.51. The van der Waals surface area contributed by atoms with Gasteiger partial charge in [-0.1, -0.05) is 17.7 Å². The quantitative estimate of drug-likeness (QED) is 0.718. The van der Waals surface area contributed by atoms with E-state index in [0.717, 1.165) is 5.56 Å². The molecule has 7 heteroatoms. The summed E-state index contributed by atoms with van der Waals surface area (Å²) < 4.78 is 10.4. The topological polar surface area (TPSA) is 84.3 Å². The van der Waals surface area contributed by atoms with Crippen molar-refractivity contribution >= 4 is 28.6 Å². The zero-order chi connectivity index (χ0) is 16.9. The Morgan fingerprint density at radius 3 is 2.79 bits per heavy atom. The Morgan fingerprint density at radius 2 is 2.00 bits per heavy atom. The zero-order valence-corrected chi connectivity index (χ0v) is 13.4. The lowest BCUT2D eigenvalue weighted by Gasteiger charge is -2.07. The van der Waals surface area contributed by atoms with Crippen molar-refractivity contribution in [1.82, 2.24) is 10.3 Å². The molecule has 6 nitrogen and oxygen atoms in total. The van der Waals surface area contributed by atoms with Gasteiger partial charge in [0, 0.05) is 11.6 Å². The summed E-state index contributed by atoms with van der Waals surface area (Å²) >= 11 is 5.78. The second kappa shape index (κ2) is 7.23. The number of carbonyl (C=O) groups is 1. The number of H-pyrrole nitrogens is 1. The smallest absolute Gasteiger partial charge is 0.417 e. The number of rotatable bonds is 6. The van der Waals surface area contributed by atoms with Crippen LogP contribution in [0.3, 0.4) is 0 Å². The number of ether oxygens (including phenoxy) is 1. The maximum atomic E-state index is 11.8. The van der Waals surface area contributed by atoms with Gasteiger partial charge in [-0.3, -0.25) is 9.78 Å². The molecule has 3 aromatic rings. The summed E-state index contributed by atoms with van der Waals surface area (Å²) in [5.41, 5.74) is 2.13. The molecule has 0 aliphatic rings. The van der Waals surface area contributed by atoms with E-state index in [1.165, 1.54) is 0 Å².